The molecule has 9 heavy (non-hydrogen) atoms. The Labute approximate surface area is 76.8 Å². The minimum absolute atomic E-state index is 0. The number of aliphatic hydroxyl groups is 3. The van der Waals surface area contributed by atoms with Crippen LogP contribution in [0, 0.1) is 0 Å². The number of hydrogen-bond donors (Lipinski definition) is 3. The Morgan fingerprint density at radius 3 is 1.22 bits per heavy atom. The topological polar surface area (TPSA) is 60.7 Å². The maximum Gasteiger partial charge on any atom is 2.00 e. The molecule has 0 aromatic heterocycles. The van der Waals surface area contributed by atoms with Gasteiger partial charge in [-0.15, -0.1) is 0 Å². The Balaban J connectivity index is -0.0000000417. The zero-order valence-corrected chi connectivity index (χ0v) is 7.06. The van der Waals surface area contributed by atoms with E-state index in [0.29, 0.717) is 0 Å². The summed E-state index contributed by atoms with van der Waals surface area (Å²) in [5.41, 5.74) is 0. The molecular weight excluding hydrogens is 211 g/mol. The predicted octanol–water partition coefficient (Wildman–Crippen LogP) is -7.66. The van der Waals surface area contributed by atoms with Crippen LogP contribution in [0.2, 0.25) is 0 Å². The van der Waals surface area contributed by atoms with E-state index in [4.69, 9.17) is 15.3 Å². The third-order valence-corrected chi connectivity index (χ3v) is 0.421. The summed E-state index contributed by atoms with van der Waals surface area (Å²) in [6, 6.07) is 0. The molecule has 0 rings (SSSR count). The first-order chi connectivity index (χ1) is 2.81. The van der Waals surface area contributed by atoms with Crippen molar-refractivity contribution in [2.24, 2.45) is 0 Å². The first-order valence-electron chi connectivity index (χ1n) is 1.71. The monoisotopic (exact) mass is 218 g/mol. The van der Waals surface area contributed by atoms with E-state index in [0.717, 1.165) is 0 Å². The van der Waals surface area contributed by atoms with Crippen molar-refractivity contribution < 1.29 is 57.2 Å². The van der Waals surface area contributed by atoms with Gasteiger partial charge in [0.05, 0.1) is 13.2 Å². The third-order valence-electron chi connectivity index (χ3n) is 0.421. The van der Waals surface area contributed by atoms with Gasteiger partial charge in [-0.05, 0) is 0 Å². The van der Waals surface area contributed by atoms with E-state index in [1.807, 2.05) is 0 Å². The van der Waals surface area contributed by atoms with Crippen LogP contribution in [0.3, 0.4) is 0 Å². The zero-order valence-electron chi connectivity index (χ0n) is 4.44. The molecule has 0 bridgehead atoms. The molecule has 0 fully saturated rings. The van der Waals surface area contributed by atoms with Gasteiger partial charge < -0.3 is 40.1 Å². The molecule has 0 heterocycles. The van der Waals surface area contributed by atoms with E-state index in [1.54, 1.807) is 0 Å². The fourth-order valence-electron chi connectivity index (χ4n) is 0.0577. The molecule has 0 aliphatic heterocycles. The van der Waals surface area contributed by atoms with Crippen LogP contribution < -0.4 is 24.8 Å². The van der Waals surface area contributed by atoms with Gasteiger partial charge in [0.25, 0.3) is 0 Å². The van der Waals surface area contributed by atoms with E-state index in [1.165, 1.54) is 0 Å². The van der Waals surface area contributed by atoms with Crippen molar-refractivity contribution in [3.05, 3.63) is 0 Å². The summed E-state index contributed by atoms with van der Waals surface area (Å²) in [5.74, 6) is 0. The number of hydrogen-bond acceptors (Lipinski definition) is 3. The van der Waals surface area contributed by atoms with Crippen molar-refractivity contribution in [1.29, 1.82) is 0 Å². The normalized spacial score (nSPS) is 6.67. The number of halogens is 2. The fraction of sp³-hybridized carbons (Fsp3) is 1.00. The molecule has 0 aromatic carbocycles. The second kappa shape index (κ2) is 16.0. The minimum atomic E-state index is -0.954. The Morgan fingerprint density at radius 1 is 1.00 bits per heavy atom. The number of rotatable bonds is 2. The maximum atomic E-state index is 8.17. The summed E-state index contributed by atoms with van der Waals surface area (Å²) in [6.45, 7) is -0.729. The molecule has 0 amide bonds. The van der Waals surface area contributed by atoms with Crippen LogP contribution in [0.15, 0.2) is 0 Å². The molecule has 0 unspecified atom stereocenters. The zero-order chi connectivity index (χ0) is 4.99. The van der Waals surface area contributed by atoms with Crippen LogP contribution in [-0.2, 0) is 17.1 Å². The molecule has 0 saturated carbocycles. The van der Waals surface area contributed by atoms with Crippen LogP contribution in [-0.4, -0.2) is 34.6 Å². The van der Waals surface area contributed by atoms with Crippen molar-refractivity contribution in [1.82, 2.24) is 0 Å². The van der Waals surface area contributed by atoms with E-state index in [9.17, 15) is 0 Å². The largest absolute Gasteiger partial charge is 2.00 e. The summed E-state index contributed by atoms with van der Waals surface area (Å²) < 4.78 is 0. The van der Waals surface area contributed by atoms with Crippen molar-refractivity contribution in [3.8, 4) is 0 Å². The van der Waals surface area contributed by atoms with Crippen molar-refractivity contribution in [3.63, 3.8) is 0 Å². The summed E-state index contributed by atoms with van der Waals surface area (Å²) >= 11 is 0. The molecule has 3 N–H and O–H groups in total. The molecule has 0 aliphatic rings. The van der Waals surface area contributed by atoms with Gasteiger partial charge in [0, 0.05) is 0 Å². The molecular formula is C3H8Cl2FeO3. The van der Waals surface area contributed by atoms with E-state index in [2.05, 4.69) is 0 Å². The van der Waals surface area contributed by atoms with E-state index >= 15 is 0 Å². The van der Waals surface area contributed by atoms with Gasteiger partial charge in [0.15, 0.2) is 0 Å². The second-order valence-electron chi connectivity index (χ2n) is 1.02. The smallest absolute Gasteiger partial charge is 1.00 e. The Morgan fingerprint density at radius 2 is 1.22 bits per heavy atom. The SMILES string of the molecule is OCC(O)CO.[Cl-].[Cl-].[Fe+2]. The molecule has 3 nitrogen and oxygen atoms in total. The summed E-state index contributed by atoms with van der Waals surface area (Å²) in [4.78, 5) is 0. The maximum absolute atomic E-state index is 8.17. The van der Waals surface area contributed by atoms with Gasteiger partial charge in [-0.3, -0.25) is 0 Å². The van der Waals surface area contributed by atoms with Gasteiger partial charge in [0.1, 0.15) is 6.10 Å². The molecule has 60 valence electrons. The Kier molecular flexibility index (Phi) is 40.0. The molecule has 0 radical (unpaired) electrons. The van der Waals surface area contributed by atoms with Crippen LogP contribution >= 0.6 is 0 Å². The fourth-order valence-corrected chi connectivity index (χ4v) is 0.0577. The first-order valence-corrected chi connectivity index (χ1v) is 1.71. The van der Waals surface area contributed by atoms with Gasteiger partial charge in [0.2, 0.25) is 0 Å². The average Bonchev–Trinajstić information content (AvgIpc) is 1.65. The van der Waals surface area contributed by atoms with Crippen molar-refractivity contribution >= 4 is 0 Å². The van der Waals surface area contributed by atoms with Gasteiger partial charge in [-0.2, -0.15) is 0 Å². The third kappa shape index (κ3) is 17.6. The van der Waals surface area contributed by atoms with Gasteiger partial charge in [-0.25, -0.2) is 0 Å². The van der Waals surface area contributed by atoms with E-state index in [-0.39, 0.29) is 55.1 Å². The summed E-state index contributed by atoms with van der Waals surface area (Å²) in [6.07, 6.45) is -0.954. The summed E-state index contributed by atoms with van der Waals surface area (Å²) in [5, 5.41) is 24.0. The quantitative estimate of drug-likeness (QED) is 0.404. The minimum Gasteiger partial charge on any atom is -1.00 e. The van der Waals surface area contributed by atoms with Crippen LogP contribution in [0.1, 0.15) is 0 Å². The van der Waals surface area contributed by atoms with Crippen LogP contribution in [0.4, 0.5) is 0 Å². The molecule has 0 atom stereocenters. The van der Waals surface area contributed by atoms with Gasteiger partial charge >= 0.3 is 17.1 Å². The van der Waals surface area contributed by atoms with E-state index < -0.39 is 6.10 Å². The molecule has 0 spiro atoms. The van der Waals surface area contributed by atoms with Crippen molar-refractivity contribution in [2.45, 2.75) is 6.10 Å². The Bertz CT molecular complexity index is 36.2. The molecule has 0 aliphatic carbocycles. The average molecular weight is 219 g/mol. The predicted molar refractivity (Wildman–Crippen MR) is 20.2 cm³/mol. The van der Waals surface area contributed by atoms with Crippen LogP contribution in [0.25, 0.3) is 0 Å². The Hall–Kier alpha value is 0.979. The van der Waals surface area contributed by atoms with Gasteiger partial charge in [-0.1, -0.05) is 0 Å². The summed E-state index contributed by atoms with van der Waals surface area (Å²) in [7, 11) is 0. The standard InChI is InChI=1S/C3H8O3.2ClH.Fe/c4-1-3(6)2-5;;;/h3-6H,1-2H2;2*1H;/q;;;+2/p-2. The second-order valence-corrected chi connectivity index (χ2v) is 1.02. The van der Waals surface area contributed by atoms with Crippen molar-refractivity contribution in [2.75, 3.05) is 13.2 Å². The molecule has 0 saturated heterocycles. The first kappa shape index (κ1) is 22.5. The van der Waals surface area contributed by atoms with Crippen LogP contribution in [0.5, 0.6) is 0 Å². The molecule has 0 aromatic rings. The molecule has 6 heteroatoms. The number of aliphatic hydroxyl groups excluding tert-OH is 3.